The van der Waals surface area contributed by atoms with Crippen LogP contribution >= 0.6 is 0 Å². The van der Waals surface area contributed by atoms with Gasteiger partial charge in [0.15, 0.2) is 0 Å². The van der Waals surface area contributed by atoms with Crippen LogP contribution in [0.3, 0.4) is 0 Å². The van der Waals surface area contributed by atoms with Gasteiger partial charge in [-0.3, -0.25) is 4.79 Å². The van der Waals surface area contributed by atoms with E-state index in [-0.39, 0.29) is 5.92 Å². The van der Waals surface area contributed by atoms with Crippen molar-refractivity contribution in [3.05, 3.63) is 29.3 Å². The monoisotopic (exact) mass is 218 g/mol. The molecule has 1 aromatic rings. The molecule has 2 nitrogen and oxygen atoms in total. The summed E-state index contributed by atoms with van der Waals surface area (Å²) in [7, 11) is 0. The van der Waals surface area contributed by atoms with Crippen LogP contribution in [-0.2, 0) is 4.79 Å². The molecule has 0 radical (unpaired) electrons. The lowest BCUT2D eigenvalue weighted by atomic mass is 9.77. The van der Waals surface area contributed by atoms with E-state index in [1.807, 2.05) is 19.9 Å². The average molecular weight is 218 g/mol. The second-order valence-corrected chi connectivity index (χ2v) is 4.88. The van der Waals surface area contributed by atoms with Gasteiger partial charge >= 0.3 is 0 Å². The third-order valence-electron chi connectivity index (χ3n) is 3.62. The molecule has 0 heterocycles. The first kappa shape index (κ1) is 11.2. The molecule has 0 bridgehead atoms. The summed E-state index contributed by atoms with van der Waals surface area (Å²) in [6.07, 6.45) is 2.60. The Morgan fingerprint density at radius 1 is 1.38 bits per heavy atom. The molecule has 2 atom stereocenters. The van der Waals surface area contributed by atoms with Crippen LogP contribution in [0.15, 0.2) is 18.2 Å². The fourth-order valence-electron chi connectivity index (χ4n) is 2.64. The molecule has 86 valence electrons. The van der Waals surface area contributed by atoms with E-state index in [1.54, 1.807) is 12.1 Å². The zero-order chi connectivity index (χ0) is 11.7. The highest BCUT2D eigenvalue weighted by atomic mass is 16.3. The molecule has 0 aliphatic heterocycles. The van der Waals surface area contributed by atoms with Crippen molar-refractivity contribution in [1.29, 1.82) is 0 Å². The van der Waals surface area contributed by atoms with Crippen molar-refractivity contribution in [2.45, 2.75) is 39.0 Å². The highest BCUT2D eigenvalue weighted by molar-refractivity contribution is 5.81. The lowest BCUT2D eigenvalue weighted by Crippen LogP contribution is -2.21. The Kier molecular flexibility index (Phi) is 2.99. The molecule has 1 aliphatic carbocycles. The number of hydrogen-bond donors (Lipinski definition) is 1. The van der Waals surface area contributed by atoms with E-state index >= 15 is 0 Å². The summed E-state index contributed by atoms with van der Waals surface area (Å²) in [6, 6.07) is 5.54. The number of phenols is 1. The summed E-state index contributed by atoms with van der Waals surface area (Å²) < 4.78 is 0. The maximum Gasteiger partial charge on any atom is 0.135 e. The number of benzene rings is 1. The molecule has 1 fully saturated rings. The van der Waals surface area contributed by atoms with Gasteiger partial charge in [-0.1, -0.05) is 13.0 Å². The first-order valence-electron chi connectivity index (χ1n) is 5.90. The second-order valence-electron chi connectivity index (χ2n) is 4.88. The van der Waals surface area contributed by atoms with Gasteiger partial charge < -0.3 is 5.11 Å². The van der Waals surface area contributed by atoms with Crippen molar-refractivity contribution in [2.24, 2.45) is 5.92 Å². The van der Waals surface area contributed by atoms with Gasteiger partial charge in [0.05, 0.1) is 0 Å². The normalized spacial score (nSPS) is 25.8. The Labute approximate surface area is 96.3 Å². The zero-order valence-corrected chi connectivity index (χ0v) is 9.86. The smallest absolute Gasteiger partial charge is 0.135 e. The minimum absolute atomic E-state index is 0.187. The second kappa shape index (κ2) is 4.28. The van der Waals surface area contributed by atoms with Gasteiger partial charge in [-0.25, -0.2) is 0 Å². The predicted octanol–water partition coefficient (Wildman–Crippen LogP) is 3.17. The van der Waals surface area contributed by atoms with E-state index in [4.69, 9.17) is 0 Å². The Morgan fingerprint density at radius 3 is 2.75 bits per heavy atom. The van der Waals surface area contributed by atoms with Gasteiger partial charge in [-0.2, -0.15) is 0 Å². The predicted molar refractivity (Wildman–Crippen MR) is 63.6 cm³/mol. The number of hydrogen-bond acceptors (Lipinski definition) is 2. The number of aromatic hydroxyl groups is 1. The lowest BCUT2D eigenvalue weighted by molar-refractivity contribution is -0.124. The van der Waals surface area contributed by atoms with Crippen LogP contribution in [0.2, 0.25) is 0 Å². The molecule has 0 spiro atoms. The minimum atomic E-state index is 0.187. The summed E-state index contributed by atoms with van der Waals surface area (Å²) in [6.45, 7) is 4.04. The number of Topliss-reactive ketones (excluding diaryl/α,β-unsaturated/α-hetero) is 1. The van der Waals surface area contributed by atoms with E-state index in [1.165, 1.54) is 5.56 Å². The van der Waals surface area contributed by atoms with Gasteiger partial charge in [-0.05, 0) is 48.9 Å². The number of phenolic OH excluding ortho intramolecular Hbond substituents is 1. The van der Waals surface area contributed by atoms with E-state index < -0.39 is 0 Å². The topological polar surface area (TPSA) is 37.3 Å². The van der Waals surface area contributed by atoms with Crippen LogP contribution in [0.25, 0.3) is 0 Å². The Morgan fingerprint density at radius 2 is 2.12 bits per heavy atom. The first-order valence-corrected chi connectivity index (χ1v) is 5.90. The van der Waals surface area contributed by atoms with Crippen molar-refractivity contribution in [1.82, 2.24) is 0 Å². The zero-order valence-electron chi connectivity index (χ0n) is 9.86. The summed E-state index contributed by atoms with van der Waals surface area (Å²) >= 11 is 0. The molecule has 16 heavy (non-hydrogen) atoms. The quantitative estimate of drug-likeness (QED) is 0.786. The molecule has 1 aromatic carbocycles. The molecule has 2 heteroatoms. The minimum Gasteiger partial charge on any atom is -0.508 e. The molecule has 2 unspecified atom stereocenters. The summed E-state index contributed by atoms with van der Waals surface area (Å²) in [5, 5.41) is 9.38. The summed E-state index contributed by atoms with van der Waals surface area (Å²) in [5.74, 6) is 1.38. The summed E-state index contributed by atoms with van der Waals surface area (Å²) in [4.78, 5) is 11.5. The average Bonchev–Trinajstić information content (AvgIpc) is 2.22. The SMILES string of the molecule is Cc1cc(O)ccc1C1CCC(=O)C(C)C1. The van der Waals surface area contributed by atoms with Gasteiger partial charge in [0.1, 0.15) is 11.5 Å². The number of aryl methyl sites for hydroxylation is 1. The van der Waals surface area contributed by atoms with E-state index in [0.29, 0.717) is 23.9 Å². The van der Waals surface area contributed by atoms with Crippen LogP contribution in [0, 0.1) is 12.8 Å². The van der Waals surface area contributed by atoms with Crippen molar-refractivity contribution in [3.8, 4) is 5.75 Å². The van der Waals surface area contributed by atoms with Crippen molar-refractivity contribution < 1.29 is 9.90 Å². The Balaban J connectivity index is 2.21. The first-order chi connectivity index (χ1) is 7.58. The van der Waals surface area contributed by atoms with E-state index in [9.17, 15) is 9.90 Å². The molecule has 1 saturated carbocycles. The molecular weight excluding hydrogens is 200 g/mol. The van der Waals surface area contributed by atoms with Crippen LogP contribution in [-0.4, -0.2) is 10.9 Å². The fraction of sp³-hybridized carbons (Fsp3) is 0.500. The molecular formula is C14H18O2. The van der Waals surface area contributed by atoms with E-state index in [0.717, 1.165) is 18.4 Å². The van der Waals surface area contributed by atoms with E-state index in [2.05, 4.69) is 0 Å². The lowest BCUT2D eigenvalue weighted by Gasteiger charge is -2.27. The number of ketones is 1. The van der Waals surface area contributed by atoms with Crippen molar-refractivity contribution in [2.75, 3.05) is 0 Å². The fourth-order valence-corrected chi connectivity index (χ4v) is 2.64. The highest BCUT2D eigenvalue weighted by Crippen LogP contribution is 2.36. The molecule has 1 N–H and O–H groups in total. The molecule has 0 amide bonds. The number of rotatable bonds is 1. The van der Waals surface area contributed by atoms with Crippen LogP contribution in [0.5, 0.6) is 5.75 Å². The Bertz CT molecular complexity index is 409. The number of carbonyl (C=O) groups excluding carboxylic acids is 1. The van der Waals surface area contributed by atoms with Gasteiger partial charge in [-0.15, -0.1) is 0 Å². The molecule has 0 saturated heterocycles. The molecule has 1 aliphatic rings. The maximum atomic E-state index is 11.5. The number of carbonyl (C=O) groups is 1. The highest BCUT2D eigenvalue weighted by Gasteiger charge is 2.27. The van der Waals surface area contributed by atoms with Crippen LogP contribution in [0.1, 0.15) is 43.2 Å². The van der Waals surface area contributed by atoms with Crippen molar-refractivity contribution in [3.63, 3.8) is 0 Å². The molecule has 0 aromatic heterocycles. The maximum absolute atomic E-state index is 11.5. The third-order valence-corrected chi connectivity index (χ3v) is 3.62. The standard InChI is InChI=1S/C14H18O2/c1-9-8-12(15)4-5-13(9)11-3-6-14(16)10(2)7-11/h4-5,8,10-11,15H,3,6-7H2,1-2H3. The molecule has 2 rings (SSSR count). The van der Waals surface area contributed by atoms with Crippen molar-refractivity contribution >= 4 is 5.78 Å². The van der Waals surface area contributed by atoms with Gasteiger partial charge in [0.25, 0.3) is 0 Å². The van der Waals surface area contributed by atoms with Gasteiger partial charge in [0, 0.05) is 12.3 Å². The third kappa shape index (κ3) is 2.11. The largest absolute Gasteiger partial charge is 0.508 e. The van der Waals surface area contributed by atoms with Crippen LogP contribution in [0.4, 0.5) is 0 Å². The van der Waals surface area contributed by atoms with Gasteiger partial charge in [0.2, 0.25) is 0 Å². The summed E-state index contributed by atoms with van der Waals surface area (Å²) in [5.41, 5.74) is 2.42. The van der Waals surface area contributed by atoms with Crippen LogP contribution < -0.4 is 0 Å². The Hall–Kier alpha value is -1.31.